The van der Waals surface area contributed by atoms with E-state index in [-0.39, 0.29) is 31.6 Å². The van der Waals surface area contributed by atoms with Crippen LogP contribution in [0.3, 0.4) is 0 Å². The number of rotatable bonds is 12. The fourth-order valence-electron chi connectivity index (χ4n) is 3.43. The molecule has 4 N–H and O–H groups in total. The van der Waals surface area contributed by atoms with Crippen LogP contribution in [0.15, 0.2) is 72.8 Å². The summed E-state index contributed by atoms with van der Waals surface area (Å²) in [7, 11) is 0. The van der Waals surface area contributed by atoms with Crippen molar-refractivity contribution in [2.24, 2.45) is 0 Å². The molecule has 0 spiro atoms. The molecule has 0 saturated heterocycles. The van der Waals surface area contributed by atoms with Gasteiger partial charge in [0.15, 0.2) is 0 Å². The lowest BCUT2D eigenvalue weighted by molar-refractivity contribution is -0.138. The van der Waals surface area contributed by atoms with E-state index in [9.17, 15) is 22.8 Å². The first-order valence-electron chi connectivity index (χ1n) is 12.2. The van der Waals surface area contributed by atoms with Crippen molar-refractivity contribution < 1.29 is 37.0 Å². The van der Waals surface area contributed by atoms with Crippen molar-refractivity contribution in [3.8, 4) is 11.5 Å². The molecule has 0 bridgehead atoms. The molecule has 0 saturated carbocycles. The topological polar surface area (TPSA) is 114 Å². The van der Waals surface area contributed by atoms with E-state index in [2.05, 4.69) is 0 Å². The van der Waals surface area contributed by atoms with Crippen LogP contribution in [0.4, 0.5) is 24.5 Å². The van der Waals surface area contributed by atoms with Crippen molar-refractivity contribution in [1.82, 2.24) is 0 Å². The Hall–Kier alpha value is -4.47. The minimum Gasteiger partial charge on any atom is -0.494 e. The number of esters is 2. The predicted octanol–water partition coefficient (Wildman–Crippen LogP) is 5.98. The van der Waals surface area contributed by atoms with Gasteiger partial charge in [-0.2, -0.15) is 13.2 Å². The number of nitrogen functional groups attached to an aromatic ring is 2. The van der Waals surface area contributed by atoms with Crippen LogP contribution >= 0.6 is 0 Å². The van der Waals surface area contributed by atoms with E-state index in [1.165, 1.54) is 18.2 Å². The van der Waals surface area contributed by atoms with Crippen LogP contribution in [0, 0.1) is 0 Å². The molecular formula is C29H29F3N2O5. The molecule has 206 valence electrons. The number of halogens is 3. The smallest absolute Gasteiger partial charge is 0.389 e. The van der Waals surface area contributed by atoms with Gasteiger partial charge in [-0.15, -0.1) is 0 Å². The van der Waals surface area contributed by atoms with Gasteiger partial charge >= 0.3 is 18.1 Å². The Labute approximate surface area is 224 Å². The molecule has 3 aromatic carbocycles. The summed E-state index contributed by atoms with van der Waals surface area (Å²) in [6.07, 6.45) is -1.40. The second kappa shape index (κ2) is 13.9. The summed E-state index contributed by atoms with van der Waals surface area (Å²) >= 11 is 0. The zero-order valence-corrected chi connectivity index (χ0v) is 21.1. The van der Waals surface area contributed by atoms with E-state index in [1.807, 2.05) is 0 Å². The van der Waals surface area contributed by atoms with Crippen molar-refractivity contribution in [3.05, 3.63) is 89.5 Å². The molecule has 0 heterocycles. The molecule has 0 fully saturated rings. The highest BCUT2D eigenvalue weighted by molar-refractivity contribution is 5.91. The number of anilines is 2. The zero-order chi connectivity index (χ0) is 28.3. The summed E-state index contributed by atoms with van der Waals surface area (Å²) in [6, 6.07) is 17.8. The Balaban J connectivity index is 1.40. The molecule has 0 atom stereocenters. The lowest BCUT2D eigenvalue weighted by Gasteiger charge is -2.09. The monoisotopic (exact) mass is 542 g/mol. The van der Waals surface area contributed by atoms with Crippen molar-refractivity contribution in [2.45, 2.75) is 31.9 Å². The molecule has 3 rings (SSSR count). The molecule has 3 aromatic rings. The van der Waals surface area contributed by atoms with E-state index < -0.39 is 24.5 Å². The third kappa shape index (κ3) is 10.4. The average Bonchev–Trinajstić information content (AvgIpc) is 2.89. The van der Waals surface area contributed by atoms with Gasteiger partial charge in [-0.05, 0) is 78.6 Å². The third-order valence-electron chi connectivity index (χ3n) is 5.50. The minimum atomic E-state index is -4.16. The SMILES string of the molecule is Nc1ccc(CCOC(=O)C=Cc2ccc(OC(=O)c3ccc(OCCCCC(F)(F)F)cc3)cc2)c(N)c1. The Morgan fingerprint density at radius 1 is 0.846 bits per heavy atom. The Kier molecular flexibility index (Phi) is 10.4. The van der Waals surface area contributed by atoms with Gasteiger partial charge in [0, 0.05) is 30.3 Å². The number of hydrogen-bond acceptors (Lipinski definition) is 7. The number of alkyl halides is 3. The van der Waals surface area contributed by atoms with E-state index in [0.29, 0.717) is 34.9 Å². The molecule has 0 amide bonds. The van der Waals surface area contributed by atoms with Crippen LogP contribution in [0.1, 0.15) is 40.7 Å². The fourth-order valence-corrected chi connectivity index (χ4v) is 3.43. The first kappa shape index (κ1) is 29.1. The van der Waals surface area contributed by atoms with Crippen LogP contribution in [-0.4, -0.2) is 31.3 Å². The number of hydrogen-bond donors (Lipinski definition) is 2. The molecule has 0 aliphatic heterocycles. The lowest BCUT2D eigenvalue weighted by atomic mass is 10.1. The Bertz CT molecular complexity index is 1270. The van der Waals surface area contributed by atoms with E-state index in [1.54, 1.807) is 60.7 Å². The summed E-state index contributed by atoms with van der Waals surface area (Å²) in [5, 5.41) is 0. The van der Waals surface area contributed by atoms with E-state index in [0.717, 1.165) is 5.56 Å². The normalized spacial score (nSPS) is 11.4. The average molecular weight is 543 g/mol. The van der Waals surface area contributed by atoms with Crippen LogP contribution < -0.4 is 20.9 Å². The molecule has 0 unspecified atom stereocenters. The largest absolute Gasteiger partial charge is 0.494 e. The van der Waals surface area contributed by atoms with Crippen molar-refractivity contribution in [2.75, 3.05) is 24.7 Å². The summed E-state index contributed by atoms with van der Waals surface area (Å²) in [4.78, 5) is 24.4. The maximum absolute atomic E-state index is 12.4. The molecule has 10 heteroatoms. The highest BCUT2D eigenvalue weighted by atomic mass is 19.4. The van der Waals surface area contributed by atoms with Gasteiger partial charge in [-0.3, -0.25) is 0 Å². The van der Waals surface area contributed by atoms with Crippen LogP contribution in [0.2, 0.25) is 0 Å². The van der Waals surface area contributed by atoms with Gasteiger partial charge in [0.2, 0.25) is 0 Å². The van der Waals surface area contributed by atoms with Crippen molar-refractivity contribution in [1.29, 1.82) is 0 Å². The number of carbonyl (C=O) groups excluding carboxylic acids is 2. The Morgan fingerprint density at radius 2 is 1.54 bits per heavy atom. The number of nitrogens with two attached hydrogens (primary N) is 2. The molecule has 0 aromatic heterocycles. The number of unbranched alkanes of at least 4 members (excludes halogenated alkanes) is 1. The summed E-state index contributed by atoms with van der Waals surface area (Å²) in [6.45, 7) is 0.318. The van der Waals surface area contributed by atoms with Crippen LogP contribution in [0.25, 0.3) is 6.08 Å². The third-order valence-corrected chi connectivity index (χ3v) is 5.50. The van der Waals surface area contributed by atoms with Crippen molar-refractivity contribution in [3.63, 3.8) is 0 Å². The fraction of sp³-hybridized carbons (Fsp3) is 0.241. The predicted molar refractivity (Wildman–Crippen MR) is 142 cm³/mol. The molecule has 0 radical (unpaired) electrons. The second-order valence-corrected chi connectivity index (χ2v) is 8.61. The van der Waals surface area contributed by atoms with Gasteiger partial charge in [-0.25, -0.2) is 9.59 Å². The lowest BCUT2D eigenvalue weighted by Crippen LogP contribution is -2.09. The highest BCUT2D eigenvalue weighted by Gasteiger charge is 2.25. The maximum atomic E-state index is 12.4. The second-order valence-electron chi connectivity index (χ2n) is 8.61. The molecule has 0 aliphatic carbocycles. The number of benzene rings is 3. The molecule has 0 aliphatic rings. The van der Waals surface area contributed by atoms with Gasteiger partial charge in [-0.1, -0.05) is 18.2 Å². The summed E-state index contributed by atoms with van der Waals surface area (Å²) in [5.74, 6) is -0.331. The minimum absolute atomic E-state index is 0.00614. The quantitative estimate of drug-likeness (QED) is 0.0951. The zero-order valence-electron chi connectivity index (χ0n) is 21.1. The van der Waals surface area contributed by atoms with Crippen molar-refractivity contribution >= 4 is 29.4 Å². The first-order chi connectivity index (χ1) is 18.6. The van der Waals surface area contributed by atoms with Gasteiger partial charge in [0.25, 0.3) is 0 Å². The molecule has 7 nitrogen and oxygen atoms in total. The standard InChI is InChI=1S/C29H29F3N2O5/c30-29(31,32)16-1-2-17-37-24-12-7-22(8-13-24)28(36)39-25-10-3-20(4-11-25)5-14-27(35)38-18-15-21-6-9-23(33)19-26(21)34/h3-14,19H,1-2,15-18,33-34H2. The first-order valence-corrected chi connectivity index (χ1v) is 12.2. The van der Waals surface area contributed by atoms with E-state index >= 15 is 0 Å². The number of carbonyl (C=O) groups is 2. The molecule has 39 heavy (non-hydrogen) atoms. The Morgan fingerprint density at radius 3 is 2.21 bits per heavy atom. The maximum Gasteiger partial charge on any atom is 0.389 e. The summed E-state index contributed by atoms with van der Waals surface area (Å²) < 4.78 is 52.4. The van der Waals surface area contributed by atoms with Crippen LogP contribution in [0.5, 0.6) is 11.5 Å². The highest BCUT2D eigenvalue weighted by Crippen LogP contribution is 2.23. The molecular weight excluding hydrogens is 513 g/mol. The van der Waals surface area contributed by atoms with E-state index in [4.69, 9.17) is 25.7 Å². The summed E-state index contributed by atoms with van der Waals surface area (Å²) in [5.41, 5.74) is 14.5. The number of ether oxygens (including phenoxy) is 3. The van der Waals surface area contributed by atoms with Gasteiger partial charge in [0.1, 0.15) is 11.5 Å². The van der Waals surface area contributed by atoms with Gasteiger partial charge < -0.3 is 25.7 Å². The van der Waals surface area contributed by atoms with Gasteiger partial charge in [0.05, 0.1) is 18.8 Å². The van der Waals surface area contributed by atoms with Crippen LogP contribution in [-0.2, 0) is 16.0 Å².